The van der Waals surface area contributed by atoms with Gasteiger partial charge in [-0.1, -0.05) is 25.9 Å². The quantitative estimate of drug-likeness (QED) is 0.499. The molecule has 0 spiro atoms. The van der Waals surface area contributed by atoms with Gasteiger partial charge in [-0.25, -0.2) is 9.78 Å². The number of nitrogens with zero attached hydrogens (tertiary/aromatic N) is 3. The molecule has 21 heavy (non-hydrogen) atoms. The van der Waals surface area contributed by atoms with E-state index in [4.69, 9.17) is 5.21 Å². The summed E-state index contributed by atoms with van der Waals surface area (Å²) in [6.45, 7) is 6.75. The third kappa shape index (κ3) is 3.53. The van der Waals surface area contributed by atoms with E-state index in [1.54, 1.807) is 4.90 Å². The second-order valence-electron chi connectivity index (χ2n) is 6.43. The lowest BCUT2D eigenvalue weighted by molar-refractivity contribution is 0.0525. The molecule has 2 N–H and O–H groups in total. The number of likely N-dealkylation sites (tertiary alicyclic amines) is 1. The Balaban J connectivity index is 2.18. The lowest BCUT2D eigenvalue weighted by Gasteiger charge is -2.44. The second kappa shape index (κ2) is 6.01. The summed E-state index contributed by atoms with van der Waals surface area (Å²) in [5.41, 5.74) is 0.537. The lowest BCUT2D eigenvalue weighted by atomic mass is 9.77. The highest BCUT2D eigenvalue weighted by atomic mass is 32.1. The molecular formula is C14H21N3O3S. The van der Waals surface area contributed by atoms with E-state index in [9.17, 15) is 9.90 Å². The van der Waals surface area contributed by atoms with Crippen molar-refractivity contribution in [3.63, 3.8) is 0 Å². The van der Waals surface area contributed by atoms with Gasteiger partial charge in [0.05, 0.1) is 16.9 Å². The van der Waals surface area contributed by atoms with E-state index in [0.717, 1.165) is 17.8 Å². The number of thiazole rings is 1. The van der Waals surface area contributed by atoms with E-state index in [-0.39, 0.29) is 17.4 Å². The van der Waals surface area contributed by atoms with Crippen LogP contribution in [0.15, 0.2) is 10.5 Å². The average molecular weight is 311 g/mol. The van der Waals surface area contributed by atoms with Crippen LogP contribution in [0.4, 0.5) is 4.79 Å². The summed E-state index contributed by atoms with van der Waals surface area (Å²) in [6.07, 6.45) is 2.02. The van der Waals surface area contributed by atoms with Gasteiger partial charge in [0.2, 0.25) is 0 Å². The summed E-state index contributed by atoms with van der Waals surface area (Å²) in [6, 6.07) is -0.0207. The fourth-order valence-corrected chi connectivity index (χ4v) is 3.77. The Morgan fingerprint density at radius 2 is 2.29 bits per heavy atom. The average Bonchev–Trinajstić information content (AvgIpc) is 2.86. The Bertz CT molecular complexity index is 536. The Labute approximate surface area is 128 Å². The first-order chi connectivity index (χ1) is 9.82. The van der Waals surface area contributed by atoms with Gasteiger partial charge in [-0.2, -0.15) is 0 Å². The highest BCUT2D eigenvalue weighted by Gasteiger charge is 2.39. The van der Waals surface area contributed by atoms with Crippen molar-refractivity contribution in [2.45, 2.75) is 45.6 Å². The van der Waals surface area contributed by atoms with Crippen LogP contribution in [0.3, 0.4) is 0 Å². The van der Waals surface area contributed by atoms with Gasteiger partial charge in [0.25, 0.3) is 0 Å². The van der Waals surface area contributed by atoms with Crippen LogP contribution in [0.2, 0.25) is 0 Å². The van der Waals surface area contributed by atoms with Gasteiger partial charge in [0, 0.05) is 23.9 Å². The molecule has 1 aliphatic heterocycles. The number of hydrogen-bond acceptors (Lipinski definition) is 5. The highest BCUT2D eigenvalue weighted by molar-refractivity contribution is 7.09. The fourth-order valence-electron chi connectivity index (χ4n) is 2.85. The Morgan fingerprint density at radius 1 is 1.57 bits per heavy atom. The topological polar surface area (TPSA) is 86.0 Å². The van der Waals surface area contributed by atoms with Gasteiger partial charge in [-0.3, -0.25) is 0 Å². The van der Waals surface area contributed by atoms with Gasteiger partial charge in [-0.15, -0.1) is 11.3 Å². The smallest absolute Gasteiger partial charge is 0.407 e. The molecule has 1 aromatic heterocycles. The van der Waals surface area contributed by atoms with Gasteiger partial charge in [0.1, 0.15) is 0 Å². The standard InChI is InChI=1S/C14H21N3O3S/c1-14(2,3)11-6-9(4-5-17(11)13(18)19)12-16-10(7-15-20)8-21-12/h7-9,11,20H,4-6H2,1-3H3,(H,18,19). The number of rotatable bonds is 2. The van der Waals surface area contributed by atoms with Crippen molar-refractivity contribution in [3.05, 3.63) is 16.1 Å². The van der Waals surface area contributed by atoms with Crippen molar-refractivity contribution in [1.82, 2.24) is 9.88 Å². The molecule has 0 aromatic carbocycles. The maximum atomic E-state index is 11.4. The number of piperidine rings is 1. The third-order valence-corrected chi connectivity index (χ3v) is 4.95. The van der Waals surface area contributed by atoms with Crippen LogP contribution < -0.4 is 0 Å². The zero-order chi connectivity index (χ0) is 15.6. The molecule has 2 unspecified atom stereocenters. The van der Waals surface area contributed by atoms with Crippen LogP contribution in [0.25, 0.3) is 0 Å². The van der Waals surface area contributed by atoms with Gasteiger partial charge in [0.15, 0.2) is 0 Å². The van der Waals surface area contributed by atoms with E-state index in [2.05, 4.69) is 30.9 Å². The molecule has 0 radical (unpaired) electrons. The van der Waals surface area contributed by atoms with Gasteiger partial charge < -0.3 is 15.2 Å². The summed E-state index contributed by atoms with van der Waals surface area (Å²) < 4.78 is 0. The lowest BCUT2D eigenvalue weighted by Crippen LogP contribution is -2.51. The minimum Gasteiger partial charge on any atom is -0.465 e. The van der Waals surface area contributed by atoms with E-state index < -0.39 is 6.09 Å². The first-order valence-corrected chi connectivity index (χ1v) is 7.83. The van der Waals surface area contributed by atoms with Gasteiger partial charge in [-0.05, 0) is 18.3 Å². The van der Waals surface area contributed by atoms with Crippen molar-refractivity contribution in [2.75, 3.05) is 6.54 Å². The van der Waals surface area contributed by atoms with E-state index >= 15 is 0 Å². The maximum absolute atomic E-state index is 11.4. The van der Waals surface area contributed by atoms with E-state index in [0.29, 0.717) is 12.2 Å². The first-order valence-electron chi connectivity index (χ1n) is 6.95. The summed E-state index contributed by atoms with van der Waals surface area (Å²) >= 11 is 1.54. The van der Waals surface area contributed by atoms with Crippen molar-refractivity contribution in [3.8, 4) is 0 Å². The predicted molar refractivity (Wildman–Crippen MR) is 81.4 cm³/mol. The number of oxime groups is 1. The molecule has 0 bridgehead atoms. The molecule has 6 nitrogen and oxygen atoms in total. The molecule has 2 atom stereocenters. The van der Waals surface area contributed by atoms with Crippen LogP contribution in [-0.4, -0.2) is 45.1 Å². The minimum atomic E-state index is -0.847. The maximum Gasteiger partial charge on any atom is 0.407 e. The molecular weight excluding hydrogens is 290 g/mol. The van der Waals surface area contributed by atoms with Crippen molar-refractivity contribution < 1.29 is 15.1 Å². The Morgan fingerprint density at radius 3 is 2.86 bits per heavy atom. The SMILES string of the molecule is CC(C)(C)C1CC(c2nc(C=NO)cs2)CCN1C(=O)O. The van der Waals surface area contributed by atoms with Crippen LogP contribution in [0.5, 0.6) is 0 Å². The number of aromatic nitrogens is 1. The van der Waals surface area contributed by atoms with Crippen molar-refractivity contribution in [1.29, 1.82) is 0 Å². The summed E-state index contributed by atoms with van der Waals surface area (Å²) in [4.78, 5) is 17.4. The molecule has 1 aromatic rings. The van der Waals surface area contributed by atoms with E-state index in [1.807, 2.05) is 5.38 Å². The van der Waals surface area contributed by atoms with Crippen molar-refractivity contribution >= 4 is 23.6 Å². The molecule has 7 heteroatoms. The molecule has 116 valence electrons. The molecule has 2 heterocycles. The molecule has 0 aliphatic carbocycles. The molecule has 1 aliphatic rings. The van der Waals surface area contributed by atoms with Crippen molar-refractivity contribution in [2.24, 2.45) is 10.6 Å². The number of amides is 1. The summed E-state index contributed by atoms with van der Waals surface area (Å²) in [7, 11) is 0. The molecule has 1 amide bonds. The van der Waals surface area contributed by atoms with E-state index in [1.165, 1.54) is 17.6 Å². The zero-order valence-electron chi connectivity index (χ0n) is 12.5. The monoisotopic (exact) mass is 311 g/mol. The molecule has 2 rings (SSSR count). The third-order valence-electron chi connectivity index (χ3n) is 3.93. The van der Waals surface area contributed by atoms with Crippen LogP contribution in [0, 0.1) is 5.41 Å². The van der Waals surface area contributed by atoms with Crippen LogP contribution in [-0.2, 0) is 0 Å². The normalized spacial score (nSPS) is 23.7. The predicted octanol–water partition coefficient (Wildman–Crippen LogP) is 3.22. The zero-order valence-corrected chi connectivity index (χ0v) is 13.3. The summed E-state index contributed by atoms with van der Waals surface area (Å²) in [5.74, 6) is 0.260. The summed E-state index contributed by atoms with van der Waals surface area (Å²) in [5, 5.41) is 23.7. The van der Waals surface area contributed by atoms with Crippen LogP contribution in [0.1, 0.15) is 50.2 Å². The Hall–Kier alpha value is -1.63. The van der Waals surface area contributed by atoms with Gasteiger partial charge >= 0.3 is 6.09 Å². The minimum absolute atomic E-state index is 0.0207. The molecule has 0 saturated carbocycles. The Kier molecular flexibility index (Phi) is 4.51. The second-order valence-corrected chi connectivity index (χ2v) is 7.32. The number of carboxylic acid groups (broad SMARTS) is 1. The number of hydrogen-bond donors (Lipinski definition) is 2. The first kappa shape index (κ1) is 15.8. The molecule has 1 saturated heterocycles. The highest BCUT2D eigenvalue weighted by Crippen LogP contribution is 2.39. The van der Waals surface area contributed by atoms with Crippen LogP contribution >= 0.6 is 11.3 Å². The number of carbonyl (C=O) groups is 1. The molecule has 1 fully saturated rings. The largest absolute Gasteiger partial charge is 0.465 e. The fraction of sp³-hybridized carbons (Fsp3) is 0.643.